The number of unbranched alkanes of at least 4 members (excludes halogenated alkanes) is 6. The fourth-order valence-electron chi connectivity index (χ4n) is 1.47. The molecule has 1 unspecified atom stereocenters. The maximum atomic E-state index is 9.20. The van der Waals surface area contributed by atoms with Crippen LogP contribution in [0.1, 0.15) is 51.4 Å². The van der Waals surface area contributed by atoms with Gasteiger partial charge in [0.25, 0.3) is 0 Å². The summed E-state index contributed by atoms with van der Waals surface area (Å²) in [6, 6.07) is 0. The lowest BCUT2D eigenvalue weighted by Crippen LogP contribution is -2.00. The van der Waals surface area contributed by atoms with Crippen molar-refractivity contribution in [1.82, 2.24) is 0 Å². The molecule has 0 aliphatic heterocycles. The fourth-order valence-corrected chi connectivity index (χ4v) is 1.47. The molecule has 1 nitrogen and oxygen atoms in total. The van der Waals surface area contributed by atoms with Gasteiger partial charge >= 0.3 is 0 Å². The van der Waals surface area contributed by atoms with E-state index >= 15 is 0 Å². The lowest BCUT2D eigenvalue weighted by molar-refractivity contribution is 0.208. The molecule has 0 aromatic rings. The molecule has 0 aromatic carbocycles. The van der Waals surface area contributed by atoms with Gasteiger partial charge in [0.05, 0.1) is 6.10 Å². The summed E-state index contributed by atoms with van der Waals surface area (Å²) >= 11 is 0. The van der Waals surface area contributed by atoms with Gasteiger partial charge in [-0.05, 0) is 19.3 Å². The molecule has 1 heteroatoms. The predicted molar refractivity (Wildman–Crippen MR) is 63.3 cm³/mol. The van der Waals surface area contributed by atoms with Crippen molar-refractivity contribution in [1.29, 1.82) is 0 Å². The van der Waals surface area contributed by atoms with Crippen molar-refractivity contribution in [2.24, 2.45) is 0 Å². The highest BCUT2D eigenvalue weighted by Gasteiger charge is 1.97. The van der Waals surface area contributed by atoms with Crippen molar-refractivity contribution < 1.29 is 5.11 Å². The number of aliphatic hydroxyl groups excluding tert-OH is 1. The molecule has 0 radical (unpaired) electrons. The summed E-state index contributed by atoms with van der Waals surface area (Å²) in [6.45, 7) is 7.25. The summed E-state index contributed by atoms with van der Waals surface area (Å²) in [5, 5.41) is 9.20. The number of aliphatic hydroxyl groups is 1. The van der Waals surface area contributed by atoms with Gasteiger partial charge in [0.1, 0.15) is 0 Å². The van der Waals surface area contributed by atoms with Crippen LogP contribution in [0.25, 0.3) is 0 Å². The standard InChI is InChI=1S/C13H24O/c1-3-5-6-7-8-9-10-11-12-13(14)4-2/h3-4,13-14H,1-2,5-12H2. The highest BCUT2D eigenvalue weighted by atomic mass is 16.3. The molecule has 82 valence electrons. The second-order valence-corrected chi connectivity index (χ2v) is 3.79. The van der Waals surface area contributed by atoms with Crippen LogP contribution in [0.3, 0.4) is 0 Å². The molecule has 0 aromatic heterocycles. The Bertz CT molecular complexity index is 140. The van der Waals surface area contributed by atoms with E-state index in [9.17, 15) is 5.11 Å². The Balaban J connectivity index is 2.98. The first-order valence-corrected chi connectivity index (χ1v) is 5.72. The molecule has 0 aliphatic carbocycles. The van der Waals surface area contributed by atoms with Crippen LogP contribution in [0, 0.1) is 0 Å². The molecule has 0 spiro atoms. The van der Waals surface area contributed by atoms with Gasteiger partial charge in [0.2, 0.25) is 0 Å². The Morgan fingerprint density at radius 2 is 1.50 bits per heavy atom. The van der Waals surface area contributed by atoms with E-state index in [1.54, 1.807) is 6.08 Å². The summed E-state index contributed by atoms with van der Waals surface area (Å²) < 4.78 is 0. The third-order valence-corrected chi connectivity index (χ3v) is 2.43. The summed E-state index contributed by atoms with van der Waals surface area (Å²) in [5.41, 5.74) is 0. The Morgan fingerprint density at radius 1 is 0.929 bits per heavy atom. The van der Waals surface area contributed by atoms with E-state index in [4.69, 9.17) is 0 Å². The molecular formula is C13H24O. The maximum absolute atomic E-state index is 9.20. The maximum Gasteiger partial charge on any atom is 0.0718 e. The Labute approximate surface area is 88.5 Å². The minimum atomic E-state index is -0.296. The fraction of sp³-hybridized carbons (Fsp3) is 0.692. The quantitative estimate of drug-likeness (QED) is 0.416. The van der Waals surface area contributed by atoms with Crippen molar-refractivity contribution in [3.8, 4) is 0 Å². The van der Waals surface area contributed by atoms with Gasteiger partial charge in [-0.3, -0.25) is 0 Å². The van der Waals surface area contributed by atoms with E-state index in [0.29, 0.717) is 0 Å². The van der Waals surface area contributed by atoms with Gasteiger partial charge in [-0.1, -0.05) is 44.3 Å². The zero-order valence-corrected chi connectivity index (χ0v) is 9.25. The van der Waals surface area contributed by atoms with Crippen molar-refractivity contribution >= 4 is 0 Å². The van der Waals surface area contributed by atoms with Gasteiger partial charge < -0.3 is 5.11 Å². The monoisotopic (exact) mass is 196 g/mol. The molecule has 14 heavy (non-hydrogen) atoms. The third kappa shape index (κ3) is 9.53. The highest BCUT2D eigenvalue weighted by molar-refractivity contribution is 4.77. The van der Waals surface area contributed by atoms with Crippen molar-refractivity contribution in [3.63, 3.8) is 0 Å². The minimum absolute atomic E-state index is 0.296. The van der Waals surface area contributed by atoms with Crippen LogP contribution in [0.5, 0.6) is 0 Å². The van der Waals surface area contributed by atoms with Crippen LogP contribution in [-0.4, -0.2) is 11.2 Å². The number of rotatable bonds is 10. The first kappa shape index (κ1) is 13.4. The van der Waals surface area contributed by atoms with Gasteiger partial charge in [0, 0.05) is 0 Å². The molecular weight excluding hydrogens is 172 g/mol. The van der Waals surface area contributed by atoms with E-state index in [-0.39, 0.29) is 6.10 Å². The number of hydrogen-bond acceptors (Lipinski definition) is 1. The van der Waals surface area contributed by atoms with Crippen LogP contribution in [-0.2, 0) is 0 Å². The summed E-state index contributed by atoms with van der Waals surface area (Å²) in [7, 11) is 0. The van der Waals surface area contributed by atoms with E-state index in [1.165, 1.54) is 32.1 Å². The van der Waals surface area contributed by atoms with E-state index in [1.807, 2.05) is 6.08 Å². The molecule has 0 bridgehead atoms. The zero-order chi connectivity index (χ0) is 10.6. The number of hydrogen-bond donors (Lipinski definition) is 1. The smallest absolute Gasteiger partial charge is 0.0718 e. The van der Waals surface area contributed by atoms with Gasteiger partial charge in [-0.2, -0.15) is 0 Å². The molecule has 0 heterocycles. The largest absolute Gasteiger partial charge is 0.389 e. The van der Waals surface area contributed by atoms with E-state index < -0.39 is 0 Å². The topological polar surface area (TPSA) is 20.2 Å². The zero-order valence-electron chi connectivity index (χ0n) is 9.25. The first-order chi connectivity index (χ1) is 6.81. The summed E-state index contributed by atoms with van der Waals surface area (Å²) in [5.74, 6) is 0. The summed E-state index contributed by atoms with van der Waals surface area (Å²) in [6.07, 6.45) is 12.9. The SMILES string of the molecule is C=CCCCCCCCCC(O)C=C. The van der Waals surface area contributed by atoms with Crippen LogP contribution >= 0.6 is 0 Å². The average molecular weight is 196 g/mol. The average Bonchev–Trinajstić information content (AvgIpc) is 2.21. The Morgan fingerprint density at radius 3 is 2.07 bits per heavy atom. The first-order valence-electron chi connectivity index (χ1n) is 5.72. The van der Waals surface area contributed by atoms with Crippen molar-refractivity contribution in [3.05, 3.63) is 25.3 Å². The second-order valence-electron chi connectivity index (χ2n) is 3.79. The molecule has 1 atom stereocenters. The Kier molecular flexibility index (Phi) is 10.1. The van der Waals surface area contributed by atoms with Crippen LogP contribution in [0.2, 0.25) is 0 Å². The lowest BCUT2D eigenvalue weighted by atomic mass is 10.1. The Hall–Kier alpha value is -0.560. The van der Waals surface area contributed by atoms with Gasteiger partial charge in [-0.25, -0.2) is 0 Å². The normalized spacial score (nSPS) is 12.4. The third-order valence-electron chi connectivity index (χ3n) is 2.43. The molecule has 1 N–H and O–H groups in total. The van der Waals surface area contributed by atoms with Gasteiger partial charge in [0.15, 0.2) is 0 Å². The predicted octanol–water partition coefficient (Wildman–Crippen LogP) is 3.84. The second kappa shape index (κ2) is 10.5. The lowest BCUT2D eigenvalue weighted by Gasteiger charge is -2.04. The van der Waals surface area contributed by atoms with Crippen LogP contribution in [0.4, 0.5) is 0 Å². The molecule has 0 fully saturated rings. The molecule has 0 aliphatic rings. The molecule has 0 saturated heterocycles. The van der Waals surface area contributed by atoms with E-state index in [2.05, 4.69) is 13.2 Å². The minimum Gasteiger partial charge on any atom is -0.389 e. The van der Waals surface area contributed by atoms with Crippen LogP contribution in [0.15, 0.2) is 25.3 Å². The molecule has 0 rings (SSSR count). The van der Waals surface area contributed by atoms with Gasteiger partial charge in [-0.15, -0.1) is 13.2 Å². The van der Waals surface area contributed by atoms with E-state index in [0.717, 1.165) is 19.3 Å². The van der Waals surface area contributed by atoms with Crippen LogP contribution < -0.4 is 0 Å². The van der Waals surface area contributed by atoms with Crippen molar-refractivity contribution in [2.75, 3.05) is 0 Å². The number of allylic oxidation sites excluding steroid dienone is 1. The van der Waals surface area contributed by atoms with Crippen molar-refractivity contribution in [2.45, 2.75) is 57.5 Å². The summed E-state index contributed by atoms with van der Waals surface area (Å²) in [4.78, 5) is 0. The molecule has 0 amide bonds. The highest BCUT2D eigenvalue weighted by Crippen LogP contribution is 2.10. The molecule has 0 saturated carbocycles.